The molecule has 0 radical (unpaired) electrons. The number of pyridine rings is 1. The molecule has 19 heavy (non-hydrogen) atoms. The summed E-state index contributed by atoms with van der Waals surface area (Å²) in [7, 11) is 1.83. The van der Waals surface area contributed by atoms with Crippen molar-refractivity contribution >= 4 is 5.78 Å². The Balaban J connectivity index is 1.98. The van der Waals surface area contributed by atoms with Crippen molar-refractivity contribution in [2.24, 2.45) is 0 Å². The molecule has 0 saturated heterocycles. The van der Waals surface area contributed by atoms with Gasteiger partial charge in [-0.05, 0) is 36.9 Å². The summed E-state index contributed by atoms with van der Waals surface area (Å²) in [6, 6.07) is 9.84. The van der Waals surface area contributed by atoms with E-state index in [9.17, 15) is 9.18 Å². The Labute approximate surface area is 111 Å². The molecule has 0 atom stereocenters. The van der Waals surface area contributed by atoms with Crippen LogP contribution in [0.5, 0.6) is 0 Å². The van der Waals surface area contributed by atoms with Crippen LogP contribution >= 0.6 is 0 Å². The number of aromatic nitrogens is 1. The van der Waals surface area contributed by atoms with E-state index in [1.54, 1.807) is 24.5 Å². The van der Waals surface area contributed by atoms with Gasteiger partial charge in [-0.3, -0.25) is 14.7 Å². The predicted molar refractivity (Wildman–Crippen MR) is 71.3 cm³/mol. The van der Waals surface area contributed by atoms with Gasteiger partial charge < -0.3 is 0 Å². The van der Waals surface area contributed by atoms with Crippen LogP contribution in [0.25, 0.3) is 0 Å². The number of hydrogen-bond acceptors (Lipinski definition) is 3. The first-order valence-electron chi connectivity index (χ1n) is 6.02. The molecule has 2 aromatic rings. The van der Waals surface area contributed by atoms with E-state index in [0.29, 0.717) is 6.54 Å². The van der Waals surface area contributed by atoms with Crippen molar-refractivity contribution < 1.29 is 9.18 Å². The van der Waals surface area contributed by atoms with Crippen LogP contribution in [0.15, 0.2) is 48.8 Å². The Morgan fingerprint density at radius 3 is 2.58 bits per heavy atom. The van der Waals surface area contributed by atoms with Gasteiger partial charge in [-0.1, -0.05) is 12.1 Å². The number of carbonyl (C=O) groups excluding carboxylic acids is 1. The summed E-state index contributed by atoms with van der Waals surface area (Å²) in [6.07, 6.45) is 3.42. The molecule has 3 nitrogen and oxygen atoms in total. The van der Waals surface area contributed by atoms with Crippen LogP contribution in [0.1, 0.15) is 15.9 Å². The summed E-state index contributed by atoms with van der Waals surface area (Å²) < 4.78 is 13.5. The minimum atomic E-state index is -0.468. The lowest BCUT2D eigenvalue weighted by Crippen LogP contribution is -2.26. The first-order valence-corrected chi connectivity index (χ1v) is 6.02. The fourth-order valence-electron chi connectivity index (χ4n) is 1.87. The van der Waals surface area contributed by atoms with Crippen LogP contribution in [0.4, 0.5) is 4.39 Å². The highest BCUT2D eigenvalue weighted by Gasteiger charge is 2.13. The molecule has 0 amide bonds. The minimum Gasteiger partial charge on any atom is -0.295 e. The predicted octanol–water partition coefficient (Wildman–Crippen LogP) is 2.54. The number of carbonyl (C=O) groups is 1. The van der Waals surface area contributed by atoms with Crippen molar-refractivity contribution in [2.45, 2.75) is 6.54 Å². The van der Waals surface area contributed by atoms with Crippen molar-refractivity contribution in [1.29, 1.82) is 0 Å². The molecule has 1 aromatic carbocycles. The Hall–Kier alpha value is -2.07. The monoisotopic (exact) mass is 258 g/mol. The highest BCUT2D eigenvalue weighted by Crippen LogP contribution is 2.09. The molecule has 0 bridgehead atoms. The molecular weight excluding hydrogens is 243 g/mol. The molecule has 0 N–H and O–H groups in total. The van der Waals surface area contributed by atoms with E-state index in [1.165, 1.54) is 12.1 Å². The quantitative estimate of drug-likeness (QED) is 0.773. The average molecular weight is 258 g/mol. The van der Waals surface area contributed by atoms with Crippen molar-refractivity contribution in [2.75, 3.05) is 13.6 Å². The Morgan fingerprint density at radius 2 is 1.89 bits per heavy atom. The molecule has 0 unspecified atom stereocenters. The molecule has 98 valence electrons. The van der Waals surface area contributed by atoms with Gasteiger partial charge in [0.2, 0.25) is 0 Å². The van der Waals surface area contributed by atoms with Crippen molar-refractivity contribution in [3.63, 3.8) is 0 Å². The van der Waals surface area contributed by atoms with Crippen molar-refractivity contribution in [1.82, 2.24) is 9.88 Å². The number of hydrogen-bond donors (Lipinski definition) is 0. The zero-order valence-electron chi connectivity index (χ0n) is 10.7. The summed E-state index contributed by atoms with van der Waals surface area (Å²) in [5.41, 5.74) is 1.21. The Bertz CT molecular complexity index is 557. The van der Waals surface area contributed by atoms with E-state index in [1.807, 2.05) is 24.1 Å². The molecule has 2 rings (SSSR count). The normalized spacial score (nSPS) is 10.7. The maximum absolute atomic E-state index is 13.5. The largest absolute Gasteiger partial charge is 0.295 e. The Morgan fingerprint density at radius 1 is 1.21 bits per heavy atom. The van der Waals surface area contributed by atoms with Gasteiger partial charge in [0.15, 0.2) is 5.78 Å². The average Bonchev–Trinajstić information content (AvgIpc) is 2.40. The molecule has 1 aromatic heterocycles. The topological polar surface area (TPSA) is 33.2 Å². The van der Waals surface area contributed by atoms with Gasteiger partial charge in [-0.25, -0.2) is 4.39 Å². The standard InChI is InChI=1S/C15H15FN2O/c1-18(10-12-6-8-17-9-7-12)11-15(19)13-4-2-3-5-14(13)16/h2-9H,10-11H2,1H3. The molecule has 0 fully saturated rings. The molecule has 4 heteroatoms. The lowest BCUT2D eigenvalue weighted by molar-refractivity contribution is 0.0939. The summed E-state index contributed by atoms with van der Waals surface area (Å²) in [5, 5.41) is 0. The van der Waals surface area contributed by atoms with Gasteiger partial charge in [-0.15, -0.1) is 0 Å². The second kappa shape index (κ2) is 6.20. The second-order valence-corrected chi connectivity index (χ2v) is 4.43. The summed E-state index contributed by atoms with van der Waals surface area (Å²) >= 11 is 0. The first-order chi connectivity index (χ1) is 9.16. The van der Waals surface area contributed by atoms with E-state index in [4.69, 9.17) is 0 Å². The zero-order valence-corrected chi connectivity index (χ0v) is 10.7. The molecule has 0 aliphatic heterocycles. The highest BCUT2D eigenvalue weighted by molar-refractivity contribution is 5.97. The van der Waals surface area contributed by atoms with E-state index in [0.717, 1.165) is 5.56 Å². The second-order valence-electron chi connectivity index (χ2n) is 4.43. The van der Waals surface area contributed by atoms with Crippen LogP contribution in [0.3, 0.4) is 0 Å². The maximum Gasteiger partial charge on any atom is 0.179 e. The minimum absolute atomic E-state index is 0.143. The third kappa shape index (κ3) is 3.69. The van der Waals surface area contributed by atoms with Crippen molar-refractivity contribution in [3.05, 3.63) is 65.7 Å². The lowest BCUT2D eigenvalue weighted by Gasteiger charge is -2.15. The summed E-state index contributed by atoms with van der Waals surface area (Å²) in [6.45, 7) is 0.811. The van der Waals surface area contributed by atoms with E-state index in [2.05, 4.69) is 4.98 Å². The van der Waals surface area contributed by atoms with Gasteiger partial charge in [-0.2, -0.15) is 0 Å². The zero-order chi connectivity index (χ0) is 13.7. The number of benzene rings is 1. The molecule has 0 saturated carbocycles. The third-order valence-electron chi connectivity index (χ3n) is 2.79. The third-order valence-corrected chi connectivity index (χ3v) is 2.79. The van der Waals surface area contributed by atoms with Crippen LogP contribution in [0, 0.1) is 5.82 Å². The molecule has 0 aliphatic carbocycles. The van der Waals surface area contributed by atoms with Gasteiger partial charge >= 0.3 is 0 Å². The lowest BCUT2D eigenvalue weighted by atomic mass is 10.1. The number of ketones is 1. The van der Waals surface area contributed by atoms with E-state index >= 15 is 0 Å². The molecule has 0 aliphatic rings. The SMILES string of the molecule is CN(CC(=O)c1ccccc1F)Cc1ccncc1. The van der Waals surface area contributed by atoms with E-state index in [-0.39, 0.29) is 17.9 Å². The van der Waals surface area contributed by atoms with Crippen LogP contribution in [0.2, 0.25) is 0 Å². The number of nitrogens with zero attached hydrogens (tertiary/aromatic N) is 2. The van der Waals surface area contributed by atoms with E-state index < -0.39 is 5.82 Å². The number of rotatable bonds is 5. The highest BCUT2D eigenvalue weighted by atomic mass is 19.1. The van der Waals surface area contributed by atoms with Crippen LogP contribution in [-0.2, 0) is 6.54 Å². The fraction of sp³-hybridized carbons (Fsp3) is 0.200. The first kappa shape index (κ1) is 13.4. The van der Waals surface area contributed by atoms with Crippen LogP contribution < -0.4 is 0 Å². The smallest absolute Gasteiger partial charge is 0.179 e. The van der Waals surface area contributed by atoms with Gasteiger partial charge in [0.25, 0.3) is 0 Å². The van der Waals surface area contributed by atoms with Gasteiger partial charge in [0.1, 0.15) is 5.82 Å². The molecule has 0 spiro atoms. The number of Topliss-reactive ketones (excluding diaryl/α,β-unsaturated/α-hetero) is 1. The number of halogens is 1. The Kier molecular flexibility index (Phi) is 4.36. The van der Waals surface area contributed by atoms with Crippen molar-refractivity contribution in [3.8, 4) is 0 Å². The fourth-order valence-corrected chi connectivity index (χ4v) is 1.87. The maximum atomic E-state index is 13.5. The molecular formula is C15H15FN2O. The van der Waals surface area contributed by atoms with Gasteiger partial charge in [0, 0.05) is 18.9 Å². The molecule has 1 heterocycles. The van der Waals surface area contributed by atoms with Crippen LogP contribution in [-0.4, -0.2) is 29.3 Å². The van der Waals surface area contributed by atoms with Gasteiger partial charge in [0.05, 0.1) is 12.1 Å². The summed E-state index contributed by atoms with van der Waals surface area (Å²) in [5.74, 6) is -0.681. The number of likely N-dealkylation sites (N-methyl/N-ethyl adjacent to an activating group) is 1. The summed E-state index contributed by atoms with van der Waals surface area (Å²) in [4.78, 5) is 17.8.